The van der Waals surface area contributed by atoms with Crippen molar-refractivity contribution in [1.82, 2.24) is 15.1 Å². The van der Waals surface area contributed by atoms with E-state index in [2.05, 4.69) is 24.1 Å². The summed E-state index contributed by atoms with van der Waals surface area (Å²) in [5.74, 6) is 1.37. The maximum Gasteiger partial charge on any atom is 0.239 e. The van der Waals surface area contributed by atoms with Gasteiger partial charge in [-0.2, -0.15) is 0 Å². The molecule has 1 saturated carbocycles. The van der Waals surface area contributed by atoms with Crippen LogP contribution in [0.5, 0.6) is 0 Å². The summed E-state index contributed by atoms with van der Waals surface area (Å²) in [5, 5.41) is 2.75. The monoisotopic (exact) mass is 323 g/mol. The Kier molecular flexibility index (Phi) is 4.65. The first-order valence-corrected chi connectivity index (χ1v) is 8.80. The minimum absolute atomic E-state index is 0.0348. The number of nitrogens with one attached hydrogen (secondary N) is 1. The molecule has 0 aromatic heterocycles. The summed E-state index contributed by atoms with van der Waals surface area (Å²) in [6, 6.07) is -0.188. The van der Waals surface area contributed by atoms with E-state index in [4.69, 9.17) is 4.74 Å². The van der Waals surface area contributed by atoms with Gasteiger partial charge in [0, 0.05) is 26.6 Å². The number of rotatable bonds is 5. The van der Waals surface area contributed by atoms with Crippen LogP contribution in [0.3, 0.4) is 0 Å². The molecule has 1 spiro atoms. The van der Waals surface area contributed by atoms with Gasteiger partial charge in [0.15, 0.2) is 0 Å². The molecule has 1 aliphatic carbocycles. The first-order chi connectivity index (χ1) is 10.9. The minimum atomic E-state index is -0.258. The second-order valence-electron chi connectivity index (χ2n) is 7.84. The van der Waals surface area contributed by atoms with Gasteiger partial charge < -0.3 is 15.0 Å². The van der Waals surface area contributed by atoms with Crippen LogP contribution < -0.4 is 5.32 Å². The third kappa shape index (κ3) is 3.69. The third-order valence-electron chi connectivity index (χ3n) is 5.11. The number of morpholine rings is 1. The zero-order chi connectivity index (χ0) is 16.6. The Bertz CT molecular complexity index is 470. The predicted octanol–water partition coefficient (Wildman–Crippen LogP) is 0.470. The van der Waals surface area contributed by atoms with Crippen molar-refractivity contribution in [3.05, 3.63) is 0 Å². The summed E-state index contributed by atoms with van der Waals surface area (Å²) >= 11 is 0. The highest BCUT2D eigenvalue weighted by atomic mass is 16.5. The second kappa shape index (κ2) is 6.40. The fraction of sp³-hybridized carbons (Fsp3) is 0.882. The number of carbonyl (C=O) groups excluding carboxylic acids is 2. The fourth-order valence-electron chi connectivity index (χ4n) is 3.61. The molecule has 1 N–H and O–H groups in total. The molecule has 2 heterocycles. The van der Waals surface area contributed by atoms with E-state index in [1.807, 2.05) is 4.90 Å². The van der Waals surface area contributed by atoms with Crippen LogP contribution in [-0.4, -0.2) is 73.1 Å². The first-order valence-electron chi connectivity index (χ1n) is 8.80. The summed E-state index contributed by atoms with van der Waals surface area (Å²) in [6.45, 7) is 7.63. The van der Waals surface area contributed by atoms with Crippen LogP contribution >= 0.6 is 0 Å². The average Bonchev–Trinajstić information content (AvgIpc) is 3.27. The van der Waals surface area contributed by atoms with Crippen molar-refractivity contribution in [2.75, 3.05) is 39.8 Å². The quantitative estimate of drug-likeness (QED) is 0.799. The SMILES string of the molecule is CNC(=O)C1COC2(CN(C(=O)CC(C)C)C2)CN1CC1CC1. The molecule has 0 aromatic rings. The highest BCUT2D eigenvalue weighted by Gasteiger charge is 2.52. The van der Waals surface area contributed by atoms with E-state index < -0.39 is 0 Å². The smallest absolute Gasteiger partial charge is 0.239 e. The molecule has 0 aromatic carbocycles. The van der Waals surface area contributed by atoms with Crippen LogP contribution in [0.1, 0.15) is 33.1 Å². The van der Waals surface area contributed by atoms with Crippen LogP contribution in [0.25, 0.3) is 0 Å². The van der Waals surface area contributed by atoms with E-state index in [1.165, 1.54) is 12.8 Å². The minimum Gasteiger partial charge on any atom is -0.368 e. The molecule has 3 fully saturated rings. The number of hydrogen-bond donors (Lipinski definition) is 1. The molecular formula is C17H29N3O3. The summed E-state index contributed by atoms with van der Waals surface area (Å²) in [4.78, 5) is 28.4. The summed E-state index contributed by atoms with van der Waals surface area (Å²) in [6.07, 6.45) is 3.14. The fourth-order valence-corrected chi connectivity index (χ4v) is 3.61. The molecule has 3 aliphatic rings. The van der Waals surface area contributed by atoms with Crippen LogP contribution in [0, 0.1) is 11.8 Å². The molecule has 6 heteroatoms. The van der Waals surface area contributed by atoms with Gasteiger partial charge in [0.25, 0.3) is 0 Å². The van der Waals surface area contributed by atoms with Crippen LogP contribution in [0.4, 0.5) is 0 Å². The zero-order valence-electron chi connectivity index (χ0n) is 14.5. The Morgan fingerprint density at radius 3 is 2.52 bits per heavy atom. The number of likely N-dealkylation sites (N-methyl/N-ethyl adjacent to an activating group) is 1. The van der Waals surface area contributed by atoms with E-state index >= 15 is 0 Å². The molecule has 2 aliphatic heterocycles. The summed E-state index contributed by atoms with van der Waals surface area (Å²) in [7, 11) is 1.68. The first kappa shape index (κ1) is 16.7. The van der Waals surface area contributed by atoms with Crippen molar-refractivity contribution < 1.29 is 14.3 Å². The Hall–Kier alpha value is -1.14. The van der Waals surface area contributed by atoms with Crippen molar-refractivity contribution in [3.8, 4) is 0 Å². The molecular weight excluding hydrogens is 294 g/mol. The molecule has 2 saturated heterocycles. The number of nitrogens with zero attached hydrogens (tertiary/aromatic N) is 2. The topological polar surface area (TPSA) is 61.9 Å². The average molecular weight is 323 g/mol. The molecule has 130 valence electrons. The van der Waals surface area contributed by atoms with Gasteiger partial charge >= 0.3 is 0 Å². The van der Waals surface area contributed by atoms with Gasteiger partial charge in [-0.15, -0.1) is 0 Å². The van der Waals surface area contributed by atoms with E-state index in [-0.39, 0.29) is 23.5 Å². The van der Waals surface area contributed by atoms with Crippen LogP contribution in [0.2, 0.25) is 0 Å². The van der Waals surface area contributed by atoms with Gasteiger partial charge in [-0.1, -0.05) is 13.8 Å². The second-order valence-corrected chi connectivity index (χ2v) is 7.84. The highest BCUT2D eigenvalue weighted by Crippen LogP contribution is 2.36. The number of carbonyl (C=O) groups is 2. The van der Waals surface area contributed by atoms with Crippen LogP contribution in [-0.2, 0) is 14.3 Å². The van der Waals surface area contributed by atoms with Crippen LogP contribution in [0.15, 0.2) is 0 Å². The lowest BCUT2D eigenvalue weighted by Crippen LogP contribution is -2.73. The normalized spacial score (nSPS) is 27.1. The number of ether oxygens (including phenoxy) is 1. The number of hydrogen-bond acceptors (Lipinski definition) is 4. The van der Waals surface area contributed by atoms with E-state index in [0.29, 0.717) is 32.0 Å². The molecule has 1 atom stereocenters. The molecule has 2 amide bonds. The van der Waals surface area contributed by atoms with Crippen molar-refractivity contribution >= 4 is 11.8 Å². The van der Waals surface area contributed by atoms with Gasteiger partial charge in [0.05, 0.1) is 19.7 Å². The van der Waals surface area contributed by atoms with E-state index in [0.717, 1.165) is 19.0 Å². The van der Waals surface area contributed by atoms with Gasteiger partial charge in [0.2, 0.25) is 11.8 Å². The van der Waals surface area contributed by atoms with E-state index in [9.17, 15) is 9.59 Å². The lowest BCUT2D eigenvalue weighted by atomic mass is 9.89. The van der Waals surface area contributed by atoms with Crippen molar-refractivity contribution in [1.29, 1.82) is 0 Å². The Balaban J connectivity index is 1.58. The highest BCUT2D eigenvalue weighted by molar-refractivity contribution is 5.82. The van der Waals surface area contributed by atoms with Gasteiger partial charge in [-0.3, -0.25) is 14.5 Å². The van der Waals surface area contributed by atoms with Crippen molar-refractivity contribution in [2.24, 2.45) is 11.8 Å². The van der Waals surface area contributed by atoms with Gasteiger partial charge in [0.1, 0.15) is 11.6 Å². The van der Waals surface area contributed by atoms with Crippen molar-refractivity contribution in [3.63, 3.8) is 0 Å². The summed E-state index contributed by atoms with van der Waals surface area (Å²) in [5.41, 5.74) is -0.258. The molecule has 23 heavy (non-hydrogen) atoms. The maximum atomic E-state index is 12.1. The molecule has 0 radical (unpaired) electrons. The lowest BCUT2D eigenvalue weighted by Gasteiger charge is -2.55. The third-order valence-corrected chi connectivity index (χ3v) is 5.11. The standard InChI is InChI=1S/C17H29N3O3/c1-12(2)6-15(21)20-10-17(11-20)9-19(7-13-4-5-13)14(8-23-17)16(22)18-3/h12-14H,4-11H2,1-3H3,(H,18,22). The largest absolute Gasteiger partial charge is 0.368 e. The molecule has 0 bridgehead atoms. The number of likely N-dealkylation sites (tertiary alicyclic amines) is 1. The van der Waals surface area contributed by atoms with Crippen molar-refractivity contribution in [2.45, 2.75) is 44.8 Å². The summed E-state index contributed by atoms with van der Waals surface area (Å²) < 4.78 is 6.06. The molecule has 3 rings (SSSR count). The number of amides is 2. The maximum absolute atomic E-state index is 12.1. The van der Waals surface area contributed by atoms with Gasteiger partial charge in [-0.05, 0) is 24.7 Å². The molecule has 1 unspecified atom stereocenters. The Morgan fingerprint density at radius 1 is 1.26 bits per heavy atom. The Morgan fingerprint density at radius 2 is 1.96 bits per heavy atom. The lowest BCUT2D eigenvalue weighted by molar-refractivity contribution is -0.204. The Labute approximate surface area is 138 Å². The molecule has 6 nitrogen and oxygen atoms in total. The zero-order valence-corrected chi connectivity index (χ0v) is 14.5. The predicted molar refractivity (Wildman–Crippen MR) is 86.9 cm³/mol. The van der Waals surface area contributed by atoms with Gasteiger partial charge in [-0.25, -0.2) is 0 Å². The van der Waals surface area contributed by atoms with E-state index in [1.54, 1.807) is 7.05 Å².